The zero-order valence-corrected chi connectivity index (χ0v) is 51.9. The highest BCUT2D eigenvalue weighted by Gasteiger charge is 2.49. The van der Waals surface area contributed by atoms with Gasteiger partial charge in [0.2, 0.25) is 5.69 Å². The molecule has 2 amide bonds. The summed E-state index contributed by atoms with van der Waals surface area (Å²) in [5, 5.41) is 3.34. The maximum Gasteiger partial charge on any atom is 0.364 e. The lowest BCUT2D eigenvalue weighted by molar-refractivity contribution is -0.437. The van der Waals surface area contributed by atoms with Crippen molar-refractivity contribution in [3.8, 4) is 11.5 Å². The van der Waals surface area contributed by atoms with E-state index >= 15 is 0 Å². The lowest BCUT2D eigenvalue weighted by atomic mass is 9.74. The van der Waals surface area contributed by atoms with Crippen molar-refractivity contribution in [2.45, 2.75) is 87.9 Å². The number of ether oxygens (including phenoxy) is 4. The van der Waals surface area contributed by atoms with Gasteiger partial charge in [0, 0.05) is 87.7 Å². The second kappa shape index (κ2) is 26.8. The summed E-state index contributed by atoms with van der Waals surface area (Å²) in [4.78, 5) is 46.9. The van der Waals surface area contributed by atoms with E-state index in [2.05, 4.69) is 30.0 Å². The Bertz CT molecular complexity index is 4050. The summed E-state index contributed by atoms with van der Waals surface area (Å²) >= 11 is 0. The van der Waals surface area contributed by atoms with E-state index in [9.17, 15) is 66.3 Å². The number of fused-ring (bicyclic) bond motifs is 6. The van der Waals surface area contributed by atoms with Crippen molar-refractivity contribution in [2.24, 2.45) is 0 Å². The molecule has 468 valence electrons. The molecular weight excluding hydrogens is 1210 g/mol. The molecule has 1 fully saturated rings. The Balaban J connectivity index is 1.46. The number of benzene rings is 5. The second-order valence-electron chi connectivity index (χ2n) is 21.8. The van der Waals surface area contributed by atoms with Crippen LogP contribution in [-0.2, 0) is 75.2 Å². The van der Waals surface area contributed by atoms with Gasteiger partial charge in [-0.2, -0.15) is 38.2 Å². The number of hydrogen-bond acceptors (Lipinski definition) is 17. The van der Waals surface area contributed by atoms with Crippen LogP contribution in [0.4, 0.5) is 11.4 Å². The number of amides is 2. The van der Waals surface area contributed by atoms with Crippen molar-refractivity contribution in [1.82, 2.24) is 5.06 Å². The molecular formula is C60H70N3O20S4+. The SMILES string of the molecule is CCCN1/C(=C/C=C(/C=C/C2=[N+](CCCS(=O)(=O)O)c3ccc4cc(S(=O)(=O)O)ccc4c3C2(C)CCOC)c2c(OCCCS(=O)(=O)O)cc(C(=O)ON3C(=O)CCC3=O)cc2OCCCS(=O)(=O)O)C(C)(CCOC)c2c1ccc1ccccc21. The lowest BCUT2D eigenvalue weighted by Crippen LogP contribution is -2.33. The molecule has 0 radical (unpaired) electrons. The lowest BCUT2D eigenvalue weighted by Gasteiger charge is -2.30. The van der Waals surface area contributed by atoms with E-state index in [4.69, 9.17) is 23.8 Å². The largest absolute Gasteiger partial charge is 0.493 e. The first-order valence-corrected chi connectivity index (χ1v) is 34.2. The van der Waals surface area contributed by atoms with Crippen LogP contribution < -0.4 is 14.4 Å². The Labute approximate surface area is 505 Å². The number of methoxy groups -OCH3 is 2. The molecule has 0 spiro atoms. The molecule has 0 aliphatic carbocycles. The molecule has 5 aromatic rings. The van der Waals surface area contributed by atoms with Crippen LogP contribution in [-0.4, -0.2) is 156 Å². The summed E-state index contributed by atoms with van der Waals surface area (Å²) in [6, 6.07) is 22.1. The van der Waals surface area contributed by atoms with Gasteiger partial charge in [-0.15, -0.1) is 5.06 Å². The third-order valence-corrected chi connectivity index (χ3v) is 18.9. The molecule has 3 aliphatic rings. The highest BCUT2D eigenvalue weighted by molar-refractivity contribution is 7.86. The molecule has 23 nitrogen and oxygen atoms in total. The van der Waals surface area contributed by atoms with Crippen LogP contribution in [0.5, 0.6) is 11.5 Å². The summed E-state index contributed by atoms with van der Waals surface area (Å²) in [7, 11) is -15.1. The van der Waals surface area contributed by atoms with Crippen molar-refractivity contribution in [2.75, 3.05) is 75.9 Å². The van der Waals surface area contributed by atoms with Crippen LogP contribution in [0.3, 0.4) is 0 Å². The number of allylic oxidation sites excluding steroid dienone is 6. The standard InChI is InChI=1S/C60H69N3O20S4/c1-6-28-61-47-20-14-40-12-7-8-13-45(40)56(47)59(2,26-32-79-4)51(61)22-16-41(17-23-52-60(3,27-33-80-5)57-46-19-18-44(87(76,77)78)37-42(46)15-21-48(57)62(52)29-9-34-84(67,68)69)55-49(81-30-10-35-85(70,71)72)38-43(39-50(55)82-31-11-36-86(73,74)75)58(66)83-63-53(64)24-25-54(63)65/h7-8,12-23,37-39H,6,9-11,24-36H2,1-5H3,(H3-,67,68,69,70,71,72,73,74,75,76,77,78)/p+1. The Morgan fingerprint density at radius 2 is 1.25 bits per heavy atom. The molecule has 5 aromatic carbocycles. The molecule has 2 unspecified atom stereocenters. The second-order valence-corrected chi connectivity index (χ2v) is 27.9. The van der Waals surface area contributed by atoms with E-state index < -0.39 is 99.6 Å². The minimum absolute atomic E-state index is 0.00806. The average Bonchev–Trinajstić information content (AvgIpc) is 1.60. The van der Waals surface area contributed by atoms with Gasteiger partial charge in [-0.1, -0.05) is 49.4 Å². The Kier molecular flexibility index (Phi) is 20.4. The van der Waals surface area contributed by atoms with Crippen LogP contribution >= 0.6 is 0 Å². The summed E-state index contributed by atoms with van der Waals surface area (Å²) in [5.41, 5.74) is 2.67. The molecule has 0 saturated carbocycles. The maximum atomic E-state index is 14.2. The van der Waals surface area contributed by atoms with Gasteiger partial charge >= 0.3 is 5.97 Å². The van der Waals surface area contributed by atoms with Gasteiger partial charge in [-0.25, -0.2) is 4.79 Å². The van der Waals surface area contributed by atoms with E-state index in [1.54, 1.807) is 43.5 Å². The molecule has 4 N–H and O–H groups in total. The van der Waals surface area contributed by atoms with Gasteiger partial charge in [-0.3, -0.25) is 27.8 Å². The molecule has 8 rings (SSSR count). The van der Waals surface area contributed by atoms with Gasteiger partial charge in [0.05, 0.1) is 51.9 Å². The van der Waals surface area contributed by atoms with E-state index in [0.29, 0.717) is 58.8 Å². The minimum Gasteiger partial charge on any atom is -0.493 e. The van der Waals surface area contributed by atoms with Gasteiger partial charge in [0.15, 0.2) is 5.71 Å². The number of carbonyl (C=O) groups excluding carboxylic acids is 3. The van der Waals surface area contributed by atoms with E-state index in [1.807, 2.05) is 42.7 Å². The van der Waals surface area contributed by atoms with Gasteiger partial charge in [0.25, 0.3) is 52.3 Å². The molecule has 87 heavy (non-hydrogen) atoms. The van der Waals surface area contributed by atoms with E-state index in [0.717, 1.165) is 27.7 Å². The molecule has 1 saturated heterocycles. The number of rotatable bonds is 29. The van der Waals surface area contributed by atoms with Gasteiger partial charge in [0.1, 0.15) is 18.0 Å². The Hall–Kier alpha value is -6.92. The van der Waals surface area contributed by atoms with Crippen molar-refractivity contribution in [3.63, 3.8) is 0 Å². The summed E-state index contributed by atoms with van der Waals surface area (Å²) in [5.74, 6) is -5.31. The van der Waals surface area contributed by atoms with Crippen LogP contribution in [0.2, 0.25) is 0 Å². The van der Waals surface area contributed by atoms with E-state index in [-0.39, 0.29) is 84.8 Å². The minimum atomic E-state index is -4.65. The molecule has 0 aromatic heterocycles. The quantitative estimate of drug-likeness (QED) is 0.0115. The third kappa shape index (κ3) is 15.2. The fourth-order valence-electron chi connectivity index (χ4n) is 11.6. The van der Waals surface area contributed by atoms with Gasteiger partial charge in [-0.05, 0) is 127 Å². The zero-order valence-electron chi connectivity index (χ0n) is 48.6. The number of imide groups is 1. The van der Waals surface area contributed by atoms with Crippen LogP contribution in [0, 0.1) is 0 Å². The highest BCUT2D eigenvalue weighted by atomic mass is 32.2. The van der Waals surface area contributed by atoms with Crippen LogP contribution in [0.1, 0.15) is 99.2 Å². The number of nitrogens with zero attached hydrogens (tertiary/aromatic N) is 3. The van der Waals surface area contributed by atoms with Gasteiger partial charge < -0.3 is 28.7 Å². The zero-order chi connectivity index (χ0) is 63.3. The predicted octanol–water partition coefficient (Wildman–Crippen LogP) is 8.19. The summed E-state index contributed by atoms with van der Waals surface area (Å²) in [6.07, 6.45) is 7.43. The number of hydroxylamine groups is 2. The molecule has 3 heterocycles. The number of anilines is 1. The number of hydrogen-bond donors (Lipinski definition) is 4. The fraction of sp³-hybridized carbons (Fsp3) is 0.400. The Morgan fingerprint density at radius 1 is 0.678 bits per heavy atom. The monoisotopic (exact) mass is 1280 g/mol. The van der Waals surface area contributed by atoms with Crippen molar-refractivity contribution >= 4 is 102 Å². The smallest absolute Gasteiger partial charge is 0.364 e. The molecule has 3 aliphatic heterocycles. The van der Waals surface area contributed by atoms with Crippen molar-refractivity contribution in [3.05, 3.63) is 131 Å². The van der Waals surface area contributed by atoms with Crippen molar-refractivity contribution in [1.29, 1.82) is 0 Å². The first-order valence-electron chi connectivity index (χ1n) is 28.0. The number of carbonyl (C=O) groups is 3. The molecule has 0 bridgehead atoms. The van der Waals surface area contributed by atoms with Crippen LogP contribution in [0.25, 0.3) is 27.1 Å². The molecule has 27 heteroatoms. The normalized spacial score (nSPS) is 18.9. The third-order valence-electron chi connectivity index (χ3n) is 15.6. The predicted molar refractivity (Wildman–Crippen MR) is 325 cm³/mol. The first kappa shape index (κ1) is 66.0. The van der Waals surface area contributed by atoms with Crippen LogP contribution in [0.15, 0.2) is 114 Å². The van der Waals surface area contributed by atoms with E-state index in [1.165, 1.54) is 31.4 Å². The highest BCUT2D eigenvalue weighted by Crippen LogP contribution is 2.53. The molecule has 2 atom stereocenters. The average molecular weight is 1280 g/mol. The first-order chi connectivity index (χ1) is 41.0. The topological polar surface area (TPSA) is 324 Å². The Morgan fingerprint density at radius 3 is 1.84 bits per heavy atom. The summed E-state index contributed by atoms with van der Waals surface area (Å²) < 4.78 is 164. The summed E-state index contributed by atoms with van der Waals surface area (Å²) in [6.45, 7) is 6.26. The van der Waals surface area contributed by atoms with Crippen molar-refractivity contribution < 1.29 is 94.6 Å². The fourth-order valence-corrected chi connectivity index (χ4v) is 13.6. The maximum absolute atomic E-state index is 14.2.